The van der Waals surface area contributed by atoms with Crippen molar-refractivity contribution < 1.29 is 12.8 Å². The summed E-state index contributed by atoms with van der Waals surface area (Å²) in [7, 11) is -1.82. The van der Waals surface area contributed by atoms with Gasteiger partial charge in [-0.2, -0.15) is 0 Å². The van der Waals surface area contributed by atoms with Crippen LogP contribution >= 0.6 is 11.6 Å². The molecular weight excluding hydrogens is 363 g/mol. The van der Waals surface area contributed by atoms with Crippen molar-refractivity contribution in [3.63, 3.8) is 0 Å². The Kier molecular flexibility index (Phi) is 5.32. The van der Waals surface area contributed by atoms with Crippen molar-refractivity contribution in [1.29, 1.82) is 0 Å². The maximum atomic E-state index is 13.7. The predicted octanol–water partition coefficient (Wildman–Crippen LogP) is 3.87. The summed E-state index contributed by atoms with van der Waals surface area (Å²) in [6.07, 6.45) is 1.53. The van der Waals surface area contributed by atoms with Crippen LogP contribution in [0.3, 0.4) is 0 Å². The van der Waals surface area contributed by atoms with Crippen LogP contribution in [0.1, 0.15) is 18.4 Å². The van der Waals surface area contributed by atoms with E-state index in [0.717, 1.165) is 13.0 Å². The third-order valence-corrected chi connectivity index (χ3v) is 6.87. The van der Waals surface area contributed by atoms with Gasteiger partial charge in [0.05, 0.1) is 21.6 Å². The molecule has 7 heteroatoms. The van der Waals surface area contributed by atoms with Crippen LogP contribution in [-0.2, 0) is 16.4 Å². The Labute approximate surface area is 152 Å². The van der Waals surface area contributed by atoms with Gasteiger partial charge in [0, 0.05) is 0 Å². The summed E-state index contributed by atoms with van der Waals surface area (Å²) in [6, 6.07) is 11.0. The van der Waals surface area contributed by atoms with Crippen molar-refractivity contribution >= 4 is 33.0 Å². The standard InChI is InChI=1S/C18H20ClFN2O2S/c1-21-10-4-5-15-12-13-11-14(20)8-9-17(13)22(25(15,23)24)18-7-3-2-6-16(18)19/h2-3,6-9,11,15,21H,4-5,10,12H2,1H3/t15-/m0/s1. The van der Waals surface area contributed by atoms with Crippen LogP contribution in [0.4, 0.5) is 15.8 Å². The number of benzene rings is 2. The SMILES string of the molecule is CNCCC[C@H]1Cc2cc(F)ccc2N(c2ccccc2Cl)S1(=O)=O. The molecule has 134 valence electrons. The summed E-state index contributed by atoms with van der Waals surface area (Å²) in [5.41, 5.74) is 1.55. The van der Waals surface area contributed by atoms with Crippen LogP contribution in [0, 0.1) is 5.82 Å². The molecule has 0 saturated heterocycles. The molecule has 1 aliphatic rings. The van der Waals surface area contributed by atoms with Crippen LogP contribution in [0.5, 0.6) is 0 Å². The van der Waals surface area contributed by atoms with Crippen molar-refractivity contribution in [2.24, 2.45) is 0 Å². The van der Waals surface area contributed by atoms with E-state index in [4.69, 9.17) is 11.6 Å². The smallest absolute Gasteiger partial charge is 0.242 e. The van der Waals surface area contributed by atoms with Crippen LogP contribution in [0.25, 0.3) is 0 Å². The second kappa shape index (κ2) is 7.32. The quantitative estimate of drug-likeness (QED) is 0.798. The molecule has 2 aromatic carbocycles. The van der Waals surface area contributed by atoms with Gasteiger partial charge in [0.15, 0.2) is 0 Å². The summed E-state index contributed by atoms with van der Waals surface area (Å²) in [6.45, 7) is 0.730. The maximum absolute atomic E-state index is 13.7. The minimum atomic E-state index is -3.65. The molecule has 25 heavy (non-hydrogen) atoms. The molecule has 0 aromatic heterocycles. The first-order chi connectivity index (χ1) is 11.9. The van der Waals surface area contributed by atoms with E-state index in [1.165, 1.54) is 22.5 Å². The molecule has 0 spiro atoms. The first-order valence-corrected chi connectivity index (χ1v) is 10.0. The zero-order chi connectivity index (χ0) is 18.0. The van der Waals surface area contributed by atoms with Gasteiger partial charge in [0.25, 0.3) is 0 Å². The highest BCUT2D eigenvalue weighted by molar-refractivity contribution is 7.93. The summed E-state index contributed by atoms with van der Waals surface area (Å²) < 4.78 is 41.5. The van der Waals surface area contributed by atoms with Gasteiger partial charge in [0.1, 0.15) is 5.82 Å². The minimum absolute atomic E-state index is 0.306. The number of para-hydroxylation sites is 1. The molecule has 0 fully saturated rings. The van der Waals surface area contributed by atoms with Gasteiger partial charge < -0.3 is 5.32 Å². The molecule has 0 saturated carbocycles. The van der Waals surface area contributed by atoms with Crippen molar-refractivity contribution in [3.8, 4) is 0 Å². The van der Waals surface area contributed by atoms with E-state index in [1.54, 1.807) is 24.3 Å². The molecule has 3 rings (SSSR count). The van der Waals surface area contributed by atoms with Crippen LogP contribution in [-0.4, -0.2) is 27.3 Å². The molecule has 1 atom stereocenters. The highest BCUT2D eigenvalue weighted by atomic mass is 35.5. The van der Waals surface area contributed by atoms with Gasteiger partial charge in [-0.25, -0.2) is 17.1 Å². The van der Waals surface area contributed by atoms with Crippen molar-refractivity contribution in [3.05, 3.63) is 58.9 Å². The first-order valence-electron chi connectivity index (χ1n) is 8.17. The molecule has 2 aromatic rings. The normalized spacial score (nSPS) is 18.8. The second-order valence-electron chi connectivity index (χ2n) is 6.11. The summed E-state index contributed by atoms with van der Waals surface area (Å²) >= 11 is 6.27. The largest absolute Gasteiger partial charge is 0.320 e. The number of hydrogen-bond acceptors (Lipinski definition) is 3. The third-order valence-electron chi connectivity index (χ3n) is 4.41. The Bertz CT molecular complexity index is 873. The monoisotopic (exact) mass is 382 g/mol. The Morgan fingerprint density at radius 2 is 2.00 bits per heavy atom. The van der Waals surface area contributed by atoms with E-state index in [-0.39, 0.29) is 5.82 Å². The van der Waals surface area contributed by atoms with E-state index in [9.17, 15) is 12.8 Å². The molecule has 0 amide bonds. The van der Waals surface area contributed by atoms with Crippen LogP contribution < -0.4 is 9.62 Å². The zero-order valence-corrected chi connectivity index (χ0v) is 15.4. The molecule has 1 aliphatic heterocycles. The number of halogens is 2. The highest BCUT2D eigenvalue weighted by Crippen LogP contribution is 2.42. The molecular formula is C18H20ClFN2O2S. The Balaban J connectivity index is 2.12. The fraction of sp³-hybridized carbons (Fsp3) is 0.333. The molecule has 0 aliphatic carbocycles. The number of nitrogens with one attached hydrogen (secondary N) is 1. The lowest BCUT2D eigenvalue weighted by atomic mass is 10.0. The van der Waals surface area contributed by atoms with Gasteiger partial charge in [-0.05, 0) is 68.8 Å². The van der Waals surface area contributed by atoms with Gasteiger partial charge in [-0.3, -0.25) is 0 Å². The number of nitrogens with zero attached hydrogens (tertiary/aromatic N) is 1. The van der Waals surface area contributed by atoms with E-state index in [2.05, 4.69) is 5.32 Å². The highest BCUT2D eigenvalue weighted by Gasteiger charge is 2.39. The van der Waals surface area contributed by atoms with Gasteiger partial charge in [-0.15, -0.1) is 0 Å². The predicted molar refractivity (Wildman–Crippen MR) is 99.6 cm³/mol. The fourth-order valence-corrected chi connectivity index (χ4v) is 5.50. The number of sulfonamides is 1. The zero-order valence-electron chi connectivity index (χ0n) is 13.9. The average molecular weight is 383 g/mol. The lowest BCUT2D eigenvalue weighted by Gasteiger charge is -2.36. The number of rotatable bonds is 5. The first kappa shape index (κ1) is 18.2. The van der Waals surface area contributed by atoms with Crippen LogP contribution in [0.2, 0.25) is 5.02 Å². The maximum Gasteiger partial charge on any atom is 0.242 e. The number of fused-ring (bicyclic) bond motifs is 1. The molecule has 0 bridgehead atoms. The molecule has 4 nitrogen and oxygen atoms in total. The Morgan fingerprint density at radius 3 is 2.72 bits per heavy atom. The van der Waals surface area contributed by atoms with E-state index < -0.39 is 15.3 Å². The summed E-state index contributed by atoms with van der Waals surface area (Å²) in [5.74, 6) is -0.369. The lowest BCUT2D eigenvalue weighted by Crippen LogP contribution is -2.41. The van der Waals surface area contributed by atoms with Crippen LogP contribution in [0.15, 0.2) is 42.5 Å². The third kappa shape index (κ3) is 3.52. The molecule has 0 unspecified atom stereocenters. The van der Waals surface area contributed by atoms with Gasteiger partial charge >= 0.3 is 0 Å². The minimum Gasteiger partial charge on any atom is -0.320 e. The van der Waals surface area contributed by atoms with Crippen molar-refractivity contribution in [2.75, 3.05) is 17.9 Å². The number of anilines is 2. The molecule has 0 radical (unpaired) electrons. The van der Waals surface area contributed by atoms with E-state index in [0.29, 0.717) is 34.8 Å². The van der Waals surface area contributed by atoms with Gasteiger partial charge in [-0.1, -0.05) is 23.7 Å². The Hall–Kier alpha value is -1.63. The van der Waals surface area contributed by atoms with Crippen molar-refractivity contribution in [2.45, 2.75) is 24.5 Å². The van der Waals surface area contributed by atoms with Crippen molar-refractivity contribution in [1.82, 2.24) is 5.32 Å². The fourth-order valence-electron chi connectivity index (χ4n) is 3.19. The summed E-state index contributed by atoms with van der Waals surface area (Å²) in [4.78, 5) is 0. The second-order valence-corrected chi connectivity index (χ2v) is 8.57. The molecule has 1 N–H and O–H groups in total. The summed E-state index contributed by atoms with van der Waals surface area (Å²) in [5, 5.41) is 2.76. The molecule has 1 heterocycles. The Morgan fingerprint density at radius 1 is 1.24 bits per heavy atom. The van der Waals surface area contributed by atoms with E-state index in [1.807, 2.05) is 7.05 Å². The topological polar surface area (TPSA) is 49.4 Å². The number of hydrogen-bond donors (Lipinski definition) is 1. The van der Waals surface area contributed by atoms with Gasteiger partial charge in [0.2, 0.25) is 10.0 Å². The average Bonchev–Trinajstić information content (AvgIpc) is 2.57. The lowest BCUT2D eigenvalue weighted by molar-refractivity contribution is 0.553. The van der Waals surface area contributed by atoms with E-state index >= 15 is 0 Å².